The summed E-state index contributed by atoms with van der Waals surface area (Å²) in [6.07, 6.45) is 1.98. The monoisotopic (exact) mass is 403 g/mol. The van der Waals surface area contributed by atoms with Crippen LogP contribution < -0.4 is 0 Å². The van der Waals surface area contributed by atoms with Gasteiger partial charge in [-0.1, -0.05) is 29.3 Å². The normalized spacial score (nSPS) is 11.2. The minimum Gasteiger partial charge on any atom is -0.300 e. The summed E-state index contributed by atoms with van der Waals surface area (Å²) in [7, 11) is 0. The van der Waals surface area contributed by atoms with Crippen molar-refractivity contribution >= 4 is 56.8 Å². The van der Waals surface area contributed by atoms with Crippen molar-refractivity contribution in [3.63, 3.8) is 0 Å². The second kappa shape index (κ2) is 4.92. The van der Waals surface area contributed by atoms with Crippen LogP contribution in [0.3, 0.4) is 0 Å². The van der Waals surface area contributed by atoms with Crippen molar-refractivity contribution < 1.29 is 0 Å². The lowest BCUT2D eigenvalue weighted by Crippen LogP contribution is -1.95. The Bertz CT molecular complexity index is 766. The molecule has 0 aliphatic rings. The van der Waals surface area contributed by atoms with Crippen molar-refractivity contribution in [1.82, 2.24) is 14.5 Å². The van der Waals surface area contributed by atoms with E-state index in [1.165, 1.54) is 5.56 Å². The van der Waals surface area contributed by atoms with Crippen LogP contribution >= 0.6 is 45.8 Å². The van der Waals surface area contributed by atoms with E-state index in [0.717, 1.165) is 20.3 Å². The number of aryl methyl sites for hydroxylation is 1. The standard InChI is InChI=1S/C13H8Cl2IN3/c1-7-2-4-8(5-3-7)19-6-9(16)10-11(14)17-13(15)18-12(10)19/h2-6H,1H3. The molecule has 0 aliphatic carbocycles. The molecule has 0 saturated carbocycles. The summed E-state index contributed by atoms with van der Waals surface area (Å²) in [4.78, 5) is 8.27. The minimum atomic E-state index is 0.153. The fourth-order valence-electron chi connectivity index (χ4n) is 1.92. The highest BCUT2D eigenvalue weighted by Gasteiger charge is 2.14. The molecular weight excluding hydrogens is 396 g/mol. The van der Waals surface area contributed by atoms with Crippen LogP contribution in [0.15, 0.2) is 30.5 Å². The molecule has 3 aromatic rings. The van der Waals surface area contributed by atoms with E-state index in [-0.39, 0.29) is 5.28 Å². The number of halogens is 3. The highest BCUT2D eigenvalue weighted by Crippen LogP contribution is 2.30. The van der Waals surface area contributed by atoms with Crippen LogP contribution in [0.25, 0.3) is 16.7 Å². The van der Waals surface area contributed by atoms with Gasteiger partial charge in [0.1, 0.15) is 5.15 Å². The molecule has 0 spiro atoms. The van der Waals surface area contributed by atoms with Crippen LogP contribution in [0, 0.1) is 10.5 Å². The largest absolute Gasteiger partial charge is 0.300 e. The quantitative estimate of drug-likeness (QED) is 0.336. The topological polar surface area (TPSA) is 30.7 Å². The third-order valence-corrected chi connectivity index (χ3v) is 4.10. The van der Waals surface area contributed by atoms with Gasteiger partial charge in [0, 0.05) is 15.5 Å². The highest BCUT2D eigenvalue weighted by molar-refractivity contribution is 14.1. The van der Waals surface area contributed by atoms with Gasteiger partial charge >= 0.3 is 0 Å². The summed E-state index contributed by atoms with van der Waals surface area (Å²) >= 11 is 14.3. The lowest BCUT2D eigenvalue weighted by atomic mass is 10.2. The lowest BCUT2D eigenvalue weighted by Gasteiger charge is -2.05. The van der Waals surface area contributed by atoms with Crippen molar-refractivity contribution in [2.24, 2.45) is 0 Å². The van der Waals surface area contributed by atoms with E-state index in [9.17, 15) is 0 Å². The van der Waals surface area contributed by atoms with Gasteiger partial charge in [0.15, 0.2) is 5.65 Å². The highest BCUT2D eigenvalue weighted by atomic mass is 127. The smallest absolute Gasteiger partial charge is 0.225 e. The molecular formula is C13H8Cl2IN3. The van der Waals surface area contributed by atoms with Gasteiger partial charge in [0.2, 0.25) is 5.28 Å². The molecule has 2 heterocycles. The van der Waals surface area contributed by atoms with Gasteiger partial charge in [-0.2, -0.15) is 4.98 Å². The molecule has 0 fully saturated rings. The van der Waals surface area contributed by atoms with Crippen molar-refractivity contribution in [3.05, 3.63) is 50.0 Å². The second-order valence-electron chi connectivity index (χ2n) is 4.16. The van der Waals surface area contributed by atoms with E-state index in [1.54, 1.807) is 0 Å². The predicted molar refractivity (Wildman–Crippen MR) is 86.3 cm³/mol. The molecule has 0 aliphatic heterocycles. The van der Waals surface area contributed by atoms with Crippen LogP contribution in [0.2, 0.25) is 10.4 Å². The summed E-state index contributed by atoms with van der Waals surface area (Å²) < 4.78 is 2.96. The first kappa shape index (κ1) is 13.1. The number of aromatic nitrogens is 3. The van der Waals surface area contributed by atoms with E-state index < -0.39 is 0 Å². The zero-order valence-corrected chi connectivity index (χ0v) is 13.5. The first-order valence-corrected chi connectivity index (χ1v) is 7.36. The molecule has 96 valence electrons. The number of nitrogens with zero attached hydrogens (tertiary/aromatic N) is 3. The molecule has 0 saturated heterocycles. The van der Waals surface area contributed by atoms with Gasteiger partial charge in [-0.05, 0) is 53.2 Å². The molecule has 0 radical (unpaired) electrons. The molecule has 2 aromatic heterocycles. The van der Waals surface area contributed by atoms with E-state index in [2.05, 4.69) is 51.6 Å². The molecule has 0 unspecified atom stereocenters. The van der Waals surface area contributed by atoms with Crippen LogP contribution in [0.1, 0.15) is 5.56 Å². The number of fused-ring (bicyclic) bond motifs is 1. The molecule has 1 aromatic carbocycles. The molecule has 0 bridgehead atoms. The van der Waals surface area contributed by atoms with Gasteiger partial charge in [-0.15, -0.1) is 0 Å². The van der Waals surface area contributed by atoms with Crippen molar-refractivity contribution in [2.75, 3.05) is 0 Å². The molecule has 0 N–H and O–H groups in total. The summed E-state index contributed by atoms with van der Waals surface area (Å²) in [6, 6.07) is 8.18. The number of hydrogen-bond donors (Lipinski definition) is 0. The Balaban J connectivity index is 2.33. The van der Waals surface area contributed by atoms with E-state index >= 15 is 0 Å². The Hall–Kier alpha value is -0.850. The molecule has 0 atom stereocenters. The van der Waals surface area contributed by atoms with Crippen LogP contribution in [0.4, 0.5) is 0 Å². The van der Waals surface area contributed by atoms with Crippen molar-refractivity contribution in [3.8, 4) is 5.69 Å². The van der Waals surface area contributed by atoms with Gasteiger partial charge in [-0.25, -0.2) is 4.98 Å². The van der Waals surface area contributed by atoms with Crippen molar-refractivity contribution in [1.29, 1.82) is 0 Å². The SMILES string of the molecule is Cc1ccc(-n2cc(I)c3c(Cl)nc(Cl)nc32)cc1. The molecule has 19 heavy (non-hydrogen) atoms. The number of benzene rings is 1. The maximum Gasteiger partial charge on any atom is 0.225 e. The average molecular weight is 404 g/mol. The Labute approximate surface area is 133 Å². The fraction of sp³-hybridized carbons (Fsp3) is 0.0769. The molecule has 6 heteroatoms. The van der Waals surface area contributed by atoms with Gasteiger partial charge < -0.3 is 4.57 Å². The van der Waals surface area contributed by atoms with E-state index in [0.29, 0.717) is 5.15 Å². The molecule has 0 amide bonds. The fourth-order valence-corrected chi connectivity index (χ4v) is 3.33. The maximum absolute atomic E-state index is 6.14. The third kappa shape index (κ3) is 2.32. The summed E-state index contributed by atoms with van der Waals surface area (Å²) in [5, 5.41) is 1.36. The van der Waals surface area contributed by atoms with Gasteiger partial charge in [-0.3, -0.25) is 0 Å². The number of hydrogen-bond acceptors (Lipinski definition) is 2. The summed E-state index contributed by atoms with van der Waals surface area (Å²) in [5.41, 5.74) is 2.95. The minimum absolute atomic E-state index is 0.153. The Morgan fingerprint density at radius 1 is 1.11 bits per heavy atom. The molecule has 3 rings (SSSR count). The van der Waals surface area contributed by atoms with E-state index in [1.807, 2.05) is 22.9 Å². The second-order valence-corrected chi connectivity index (χ2v) is 6.02. The predicted octanol–water partition coefficient (Wildman–Crippen LogP) is 4.64. The first-order chi connectivity index (χ1) is 9.06. The van der Waals surface area contributed by atoms with Gasteiger partial charge in [0.25, 0.3) is 0 Å². The van der Waals surface area contributed by atoms with Crippen LogP contribution in [-0.4, -0.2) is 14.5 Å². The third-order valence-electron chi connectivity index (χ3n) is 2.84. The number of rotatable bonds is 1. The van der Waals surface area contributed by atoms with Crippen LogP contribution in [0.5, 0.6) is 0 Å². The van der Waals surface area contributed by atoms with E-state index in [4.69, 9.17) is 23.2 Å². The Morgan fingerprint density at radius 2 is 1.79 bits per heavy atom. The van der Waals surface area contributed by atoms with Gasteiger partial charge in [0.05, 0.1) is 5.39 Å². The first-order valence-electron chi connectivity index (χ1n) is 5.53. The Morgan fingerprint density at radius 3 is 2.47 bits per heavy atom. The van der Waals surface area contributed by atoms with Crippen LogP contribution in [-0.2, 0) is 0 Å². The summed E-state index contributed by atoms with van der Waals surface area (Å²) in [5.74, 6) is 0. The molecule has 3 nitrogen and oxygen atoms in total. The zero-order chi connectivity index (χ0) is 13.6. The Kier molecular flexibility index (Phi) is 3.41. The van der Waals surface area contributed by atoms with Crippen molar-refractivity contribution in [2.45, 2.75) is 6.92 Å². The maximum atomic E-state index is 6.14. The average Bonchev–Trinajstić information content (AvgIpc) is 2.67. The zero-order valence-electron chi connectivity index (χ0n) is 9.86. The lowest BCUT2D eigenvalue weighted by molar-refractivity contribution is 1.07. The summed E-state index contributed by atoms with van der Waals surface area (Å²) in [6.45, 7) is 2.05.